The first kappa shape index (κ1) is 19.2. The predicted octanol–water partition coefficient (Wildman–Crippen LogP) is 5.44. The van der Waals surface area contributed by atoms with E-state index in [1.54, 1.807) is 12.1 Å². The Hall–Kier alpha value is -1.60. The predicted molar refractivity (Wildman–Crippen MR) is 105 cm³/mol. The maximum atomic E-state index is 12.7. The normalized spacial score (nSPS) is 16.4. The van der Waals surface area contributed by atoms with Crippen LogP contribution in [0.5, 0.6) is 0 Å². The van der Waals surface area contributed by atoms with Crippen molar-refractivity contribution in [1.82, 2.24) is 0 Å². The van der Waals surface area contributed by atoms with Crippen molar-refractivity contribution in [3.63, 3.8) is 0 Å². The zero-order valence-corrected chi connectivity index (χ0v) is 17.5. The number of fused-ring (bicyclic) bond motifs is 1. The van der Waals surface area contributed by atoms with Gasteiger partial charge in [-0.25, -0.2) is 4.79 Å². The Morgan fingerprint density at radius 1 is 1.42 bits per heavy atom. The summed E-state index contributed by atoms with van der Waals surface area (Å²) in [7, 11) is 0. The van der Waals surface area contributed by atoms with Gasteiger partial charge in [0.05, 0.1) is 11.7 Å². The third-order valence-electron chi connectivity index (χ3n) is 4.52. The minimum atomic E-state index is -0.375. The van der Waals surface area contributed by atoms with E-state index in [1.165, 1.54) is 16.2 Å². The minimum Gasteiger partial charge on any atom is -0.459 e. The number of esters is 1. The van der Waals surface area contributed by atoms with Crippen molar-refractivity contribution in [2.75, 3.05) is 5.32 Å². The summed E-state index contributed by atoms with van der Waals surface area (Å²) in [5.41, 5.74) is 1.54. The van der Waals surface area contributed by atoms with Crippen molar-refractivity contribution in [3.05, 3.63) is 38.6 Å². The molecule has 0 aromatic carbocycles. The summed E-state index contributed by atoms with van der Waals surface area (Å²) in [5, 5.41) is 3.40. The highest BCUT2D eigenvalue weighted by atomic mass is 79.9. The summed E-state index contributed by atoms with van der Waals surface area (Å²) in [4.78, 5) is 26.3. The van der Waals surface area contributed by atoms with E-state index in [9.17, 15) is 9.59 Å². The highest BCUT2D eigenvalue weighted by Crippen LogP contribution is 2.41. The van der Waals surface area contributed by atoms with Crippen molar-refractivity contribution >= 4 is 44.1 Å². The van der Waals surface area contributed by atoms with Crippen LogP contribution in [0.3, 0.4) is 0 Å². The van der Waals surface area contributed by atoms with E-state index < -0.39 is 0 Å². The SMILES string of the molecule is CC[C@@H]1CCc2c(sc(NC(=O)c3ccc(Br)o3)c2C(=O)OC(C)C)C1. The van der Waals surface area contributed by atoms with E-state index in [-0.39, 0.29) is 23.7 Å². The fourth-order valence-corrected chi connectivity index (χ4v) is 4.83. The van der Waals surface area contributed by atoms with Crippen LogP contribution in [0.15, 0.2) is 21.2 Å². The van der Waals surface area contributed by atoms with Crippen LogP contribution in [0.4, 0.5) is 5.00 Å². The lowest BCUT2D eigenvalue weighted by molar-refractivity contribution is 0.0378. The second-order valence-electron chi connectivity index (χ2n) is 6.74. The Labute approximate surface area is 165 Å². The monoisotopic (exact) mass is 439 g/mol. The summed E-state index contributed by atoms with van der Waals surface area (Å²) < 4.78 is 11.2. The Balaban J connectivity index is 1.93. The molecule has 1 atom stereocenters. The maximum Gasteiger partial charge on any atom is 0.341 e. The number of carbonyl (C=O) groups excluding carboxylic acids is 2. The van der Waals surface area contributed by atoms with Crippen molar-refractivity contribution < 1.29 is 18.7 Å². The molecule has 2 aromatic rings. The number of hydrogen-bond acceptors (Lipinski definition) is 5. The van der Waals surface area contributed by atoms with Gasteiger partial charge in [0.15, 0.2) is 10.4 Å². The van der Waals surface area contributed by atoms with Crippen LogP contribution in [-0.2, 0) is 17.6 Å². The molecular formula is C19H22BrNO4S. The first-order chi connectivity index (χ1) is 12.4. The molecule has 0 bridgehead atoms. The highest BCUT2D eigenvalue weighted by molar-refractivity contribution is 9.10. The first-order valence-corrected chi connectivity index (χ1v) is 10.4. The number of hydrogen-bond donors (Lipinski definition) is 1. The number of rotatable bonds is 5. The van der Waals surface area contributed by atoms with Crippen LogP contribution >= 0.6 is 27.3 Å². The molecule has 2 heterocycles. The molecule has 7 heteroatoms. The van der Waals surface area contributed by atoms with Crippen molar-refractivity contribution in [3.8, 4) is 0 Å². The molecule has 0 spiro atoms. The average molecular weight is 440 g/mol. The zero-order chi connectivity index (χ0) is 18.8. The number of thiophene rings is 1. The van der Waals surface area contributed by atoms with Crippen molar-refractivity contribution in [2.45, 2.75) is 52.6 Å². The van der Waals surface area contributed by atoms with E-state index in [1.807, 2.05) is 13.8 Å². The van der Waals surface area contributed by atoms with Gasteiger partial charge in [-0.15, -0.1) is 11.3 Å². The number of nitrogens with one attached hydrogen (secondary N) is 1. The molecule has 140 valence electrons. The van der Waals surface area contributed by atoms with Gasteiger partial charge in [-0.3, -0.25) is 4.79 Å². The summed E-state index contributed by atoms with van der Waals surface area (Å²) in [6.07, 6.45) is 3.75. The van der Waals surface area contributed by atoms with Gasteiger partial charge in [0, 0.05) is 4.88 Å². The van der Waals surface area contributed by atoms with Crippen molar-refractivity contribution in [2.24, 2.45) is 5.92 Å². The van der Waals surface area contributed by atoms with Gasteiger partial charge in [-0.1, -0.05) is 13.3 Å². The molecule has 0 aliphatic heterocycles. The molecule has 26 heavy (non-hydrogen) atoms. The van der Waals surface area contributed by atoms with Crippen LogP contribution in [0.2, 0.25) is 0 Å². The van der Waals surface area contributed by atoms with E-state index in [4.69, 9.17) is 9.15 Å². The number of ether oxygens (including phenoxy) is 1. The summed E-state index contributed by atoms with van der Waals surface area (Å²) in [5.74, 6) is 0.0702. The van der Waals surface area contributed by atoms with Gasteiger partial charge in [0.2, 0.25) is 0 Å². The summed E-state index contributed by atoms with van der Waals surface area (Å²) >= 11 is 4.67. The number of furan rings is 1. The number of anilines is 1. The number of halogens is 1. The third kappa shape index (κ3) is 4.04. The molecule has 0 unspecified atom stereocenters. The lowest BCUT2D eigenvalue weighted by atomic mass is 9.85. The van der Waals surface area contributed by atoms with Crippen LogP contribution in [0, 0.1) is 5.92 Å². The minimum absolute atomic E-state index is 0.192. The molecular weight excluding hydrogens is 418 g/mol. The van der Waals surface area contributed by atoms with Crippen LogP contribution in [0.1, 0.15) is 65.0 Å². The van der Waals surface area contributed by atoms with Gasteiger partial charge in [0.25, 0.3) is 5.91 Å². The Morgan fingerprint density at radius 3 is 2.81 bits per heavy atom. The van der Waals surface area contributed by atoms with E-state index in [0.29, 0.717) is 21.2 Å². The van der Waals surface area contributed by atoms with Crippen LogP contribution in [-0.4, -0.2) is 18.0 Å². The molecule has 0 radical (unpaired) electrons. The molecule has 1 aliphatic carbocycles. The molecule has 0 saturated carbocycles. The first-order valence-electron chi connectivity index (χ1n) is 8.81. The van der Waals surface area contributed by atoms with Gasteiger partial charge in [-0.05, 0) is 72.7 Å². The van der Waals surface area contributed by atoms with Gasteiger partial charge in [-0.2, -0.15) is 0 Å². The van der Waals surface area contributed by atoms with E-state index in [0.717, 1.165) is 31.2 Å². The maximum absolute atomic E-state index is 12.7. The summed E-state index contributed by atoms with van der Waals surface area (Å²) in [6, 6.07) is 3.25. The van der Waals surface area contributed by atoms with E-state index in [2.05, 4.69) is 28.2 Å². The fraction of sp³-hybridized carbons (Fsp3) is 0.474. The molecule has 0 fully saturated rings. The smallest absolute Gasteiger partial charge is 0.341 e. The number of carbonyl (C=O) groups is 2. The van der Waals surface area contributed by atoms with Gasteiger partial charge >= 0.3 is 5.97 Å². The second-order valence-corrected chi connectivity index (χ2v) is 8.62. The van der Waals surface area contributed by atoms with Crippen molar-refractivity contribution in [1.29, 1.82) is 0 Å². The molecule has 1 N–H and O–H groups in total. The largest absolute Gasteiger partial charge is 0.459 e. The second kappa shape index (κ2) is 7.96. The summed E-state index contributed by atoms with van der Waals surface area (Å²) in [6.45, 7) is 5.83. The average Bonchev–Trinajstić information content (AvgIpc) is 3.16. The lowest BCUT2D eigenvalue weighted by Crippen LogP contribution is -2.18. The molecule has 1 amide bonds. The zero-order valence-electron chi connectivity index (χ0n) is 15.1. The topological polar surface area (TPSA) is 68.5 Å². The standard InChI is InChI=1S/C19H22BrNO4S/c1-4-11-5-6-12-14(9-11)26-18(16(12)19(23)24-10(2)3)21-17(22)13-7-8-15(20)25-13/h7-8,10-11H,4-6,9H2,1-3H3,(H,21,22)/t11-/m1/s1. The highest BCUT2D eigenvalue weighted by Gasteiger charge is 2.30. The fourth-order valence-electron chi connectivity index (χ4n) is 3.18. The van der Waals surface area contributed by atoms with Crippen LogP contribution in [0.25, 0.3) is 0 Å². The number of amides is 1. The lowest BCUT2D eigenvalue weighted by Gasteiger charge is -2.21. The molecule has 2 aromatic heterocycles. The quantitative estimate of drug-likeness (QED) is 0.629. The molecule has 0 saturated heterocycles. The van der Waals surface area contributed by atoms with Gasteiger partial charge in [0.1, 0.15) is 5.00 Å². The van der Waals surface area contributed by atoms with E-state index >= 15 is 0 Å². The molecule has 5 nitrogen and oxygen atoms in total. The Kier molecular flexibility index (Phi) is 5.87. The Morgan fingerprint density at radius 2 is 2.19 bits per heavy atom. The third-order valence-corrected chi connectivity index (χ3v) is 6.11. The Bertz CT molecular complexity index is 824. The van der Waals surface area contributed by atoms with Gasteiger partial charge < -0.3 is 14.5 Å². The molecule has 3 rings (SSSR count). The molecule has 1 aliphatic rings. The van der Waals surface area contributed by atoms with Crippen LogP contribution < -0.4 is 5.32 Å².